The fraction of sp³-hybridized carbons (Fsp3) is 0.333. The van der Waals surface area contributed by atoms with E-state index in [2.05, 4.69) is 0 Å². The van der Waals surface area contributed by atoms with Crippen LogP contribution in [0.25, 0.3) is 0 Å². The van der Waals surface area contributed by atoms with Gasteiger partial charge in [-0.25, -0.2) is 9.59 Å². The first-order chi connectivity index (χ1) is 13.9. The molecule has 2 aromatic rings. The van der Waals surface area contributed by atoms with Crippen LogP contribution in [0.1, 0.15) is 20.7 Å². The van der Waals surface area contributed by atoms with E-state index in [-0.39, 0.29) is 11.1 Å². The van der Waals surface area contributed by atoms with Crippen molar-refractivity contribution >= 4 is 11.9 Å². The first-order valence-corrected chi connectivity index (χ1v) is 9.03. The number of esters is 2. The van der Waals surface area contributed by atoms with Gasteiger partial charge in [0.15, 0.2) is 12.2 Å². The second kappa shape index (κ2) is 9.15. The molecule has 1 fully saturated rings. The fourth-order valence-corrected chi connectivity index (χ4v) is 3.24. The molecule has 29 heavy (non-hydrogen) atoms. The summed E-state index contributed by atoms with van der Waals surface area (Å²) < 4.78 is 16.0. The average molecular weight is 402 g/mol. The minimum atomic E-state index is -1.70. The standard InChI is InChI=1S/C21H22O8/c1-27-17-15(23)14(22)16(24)18(28-20(25)12-8-4-2-5-9-12)19(17)29-21(26)13-10-6-3-7-11-13/h2-11,14-19,22-24H,1H3/t14-,15-,16-,17-,18+,19+/m0/s1. The minimum absolute atomic E-state index is 0.211. The first kappa shape index (κ1) is 20.9. The molecule has 0 amide bonds. The van der Waals surface area contributed by atoms with Crippen molar-refractivity contribution in [3.8, 4) is 0 Å². The third kappa shape index (κ3) is 4.46. The Balaban J connectivity index is 1.88. The van der Waals surface area contributed by atoms with Crippen molar-refractivity contribution in [1.29, 1.82) is 0 Å². The SMILES string of the molecule is CO[C@H]1[C@@H](O)[C@H](O)[C@H](O)[C@@H](OC(=O)c2ccccc2)[C@@H]1OC(=O)c1ccccc1. The number of hydrogen-bond donors (Lipinski definition) is 3. The summed E-state index contributed by atoms with van der Waals surface area (Å²) >= 11 is 0. The lowest BCUT2D eigenvalue weighted by atomic mass is 9.84. The van der Waals surface area contributed by atoms with E-state index in [1.165, 1.54) is 31.4 Å². The van der Waals surface area contributed by atoms with Gasteiger partial charge in [-0.1, -0.05) is 36.4 Å². The maximum atomic E-state index is 12.5. The number of ether oxygens (including phenoxy) is 3. The molecule has 154 valence electrons. The van der Waals surface area contributed by atoms with Gasteiger partial charge in [0.25, 0.3) is 0 Å². The molecule has 2 aromatic carbocycles. The van der Waals surface area contributed by atoms with Gasteiger partial charge in [-0.15, -0.1) is 0 Å². The number of carbonyl (C=O) groups excluding carboxylic acids is 2. The number of aliphatic hydroxyl groups is 3. The van der Waals surface area contributed by atoms with Gasteiger partial charge in [0.2, 0.25) is 0 Å². The number of aliphatic hydroxyl groups excluding tert-OH is 3. The summed E-state index contributed by atoms with van der Waals surface area (Å²) in [6, 6.07) is 16.1. The van der Waals surface area contributed by atoms with Crippen molar-refractivity contribution in [3.05, 3.63) is 71.8 Å². The summed E-state index contributed by atoms with van der Waals surface area (Å²) in [7, 11) is 1.25. The Morgan fingerprint density at radius 2 is 1.07 bits per heavy atom. The van der Waals surface area contributed by atoms with E-state index in [1.807, 2.05) is 0 Å². The van der Waals surface area contributed by atoms with Crippen LogP contribution in [0.2, 0.25) is 0 Å². The van der Waals surface area contributed by atoms with E-state index >= 15 is 0 Å². The molecule has 3 N–H and O–H groups in total. The molecular weight excluding hydrogens is 380 g/mol. The number of hydrogen-bond acceptors (Lipinski definition) is 8. The molecule has 1 aliphatic carbocycles. The third-order valence-corrected chi connectivity index (χ3v) is 4.80. The molecule has 0 heterocycles. The summed E-state index contributed by atoms with van der Waals surface area (Å²) in [6.45, 7) is 0. The van der Waals surface area contributed by atoms with Crippen LogP contribution < -0.4 is 0 Å². The number of benzene rings is 2. The summed E-state index contributed by atoms with van der Waals surface area (Å²) in [5.41, 5.74) is 0.438. The van der Waals surface area contributed by atoms with Crippen molar-refractivity contribution in [3.63, 3.8) is 0 Å². The van der Waals surface area contributed by atoms with Gasteiger partial charge in [-0.3, -0.25) is 0 Å². The summed E-state index contributed by atoms with van der Waals surface area (Å²) in [5.74, 6) is -1.54. The highest BCUT2D eigenvalue weighted by Gasteiger charge is 2.53. The van der Waals surface area contributed by atoms with Crippen molar-refractivity contribution < 1.29 is 39.1 Å². The van der Waals surface area contributed by atoms with Crippen LogP contribution in [0, 0.1) is 0 Å². The Hall–Kier alpha value is -2.78. The lowest BCUT2D eigenvalue weighted by Crippen LogP contribution is -2.66. The summed E-state index contributed by atoms with van der Waals surface area (Å²) in [4.78, 5) is 25.0. The highest BCUT2D eigenvalue weighted by Crippen LogP contribution is 2.29. The maximum Gasteiger partial charge on any atom is 0.338 e. The molecule has 0 aliphatic heterocycles. The molecule has 6 atom stereocenters. The van der Waals surface area contributed by atoms with Crippen molar-refractivity contribution in [2.24, 2.45) is 0 Å². The molecule has 1 saturated carbocycles. The Bertz CT molecular complexity index is 825. The topological polar surface area (TPSA) is 123 Å². The Kier molecular flexibility index (Phi) is 6.60. The van der Waals surface area contributed by atoms with Gasteiger partial charge in [-0.05, 0) is 24.3 Å². The van der Waals surface area contributed by atoms with Gasteiger partial charge < -0.3 is 29.5 Å². The number of rotatable bonds is 5. The van der Waals surface area contributed by atoms with E-state index in [9.17, 15) is 24.9 Å². The van der Waals surface area contributed by atoms with Crippen LogP contribution in [-0.4, -0.2) is 71.0 Å². The smallest absolute Gasteiger partial charge is 0.338 e. The molecule has 0 unspecified atom stereocenters. The third-order valence-electron chi connectivity index (χ3n) is 4.80. The van der Waals surface area contributed by atoms with E-state index in [0.717, 1.165) is 0 Å². The Morgan fingerprint density at radius 1 is 0.655 bits per heavy atom. The predicted molar refractivity (Wildman–Crippen MR) is 100 cm³/mol. The van der Waals surface area contributed by atoms with Crippen LogP contribution >= 0.6 is 0 Å². The second-order valence-electron chi connectivity index (χ2n) is 6.64. The summed E-state index contributed by atoms with van der Waals surface area (Å²) in [5, 5.41) is 30.9. The fourth-order valence-electron chi connectivity index (χ4n) is 3.24. The molecule has 0 saturated heterocycles. The van der Waals surface area contributed by atoms with Crippen LogP contribution in [0.4, 0.5) is 0 Å². The van der Waals surface area contributed by atoms with Crippen molar-refractivity contribution in [2.75, 3.05) is 7.11 Å². The molecule has 0 spiro atoms. The molecule has 3 rings (SSSR count). The number of methoxy groups -OCH3 is 1. The minimum Gasteiger partial charge on any atom is -0.452 e. The van der Waals surface area contributed by atoms with Crippen molar-refractivity contribution in [1.82, 2.24) is 0 Å². The zero-order chi connectivity index (χ0) is 21.0. The highest BCUT2D eigenvalue weighted by atomic mass is 16.6. The normalized spacial score (nSPS) is 29.1. The quantitative estimate of drug-likeness (QED) is 0.620. The Morgan fingerprint density at radius 3 is 1.52 bits per heavy atom. The van der Waals surface area contributed by atoms with Gasteiger partial charge >= 0.3 is 11.9 Å². The first-order valence-electron chi connectivity index (χ1n) is 9.03. The molecule has 0 aromatic heterocycles. The Labute approximate surface area is 167 Å². The average Bonchev–Trinajstić information content (AvgIpc) is 2.76. The zero-order valence-corrected chi connectivity index (χ0v) is 15.6. The zero-order valence-electron chi connectivity index (χ0n) is 15.6. The molecule has 8 nitrogen and oxygen atoms in total. The maximum absolute atomic E-state index is 12.5. The van der Waals surface area contributed by atoms with Crippen LogP contribution in [0.5, 0.6) is 0 Å². The van der Waals surface area contributed by atoms with E-state index < -0.39 is 48.6 Å². The molecular formula is C21H22O8. The largest absolute Gasteiger partial charge is 0.452 e. The summed E-state index contributed by atoms with van der Waals surface area (Å²) in [6.07, 6.45) is -8.96. The number of carbonyl (C=O) groups is 2. The predicted octanol–water partition coefficient (Wildman–Crippen LogP) is 0.549. The highest BCUT2D eigenvalue weighted by molar-refractivity contribution is 5.90. The lowest BCUT2D eigenvalue weighted by molar-refractivity contribution is -0.229. The molecule has 0 bridgehead atoms. The van der Waals surface area contributed by atoms with E-state index in [0.29, 0.717) is 0 Å². The van der Waals surface area contributed by atoms with Crippen LogP contribution in [0.3, 0.4) is 0 Å². The van der Waals surface area contributed by atoms with E-state index in [1.54, 1.807) is 36.4 Å². The monoisotopic (exact) mass is 402 g/mol. The van der Waals surface area contributed by atoms with Crippen LogP contribution in [-0.2, 0) is 14.2 Å². The van der Waals surface area contributed by atoms with Crippen LogP contribution in [0.15, 0.2) is 60.7 Å². The second-order valence-corrected chi connectivity index (χ2v) is 6.64. The van der Waals surface area contributed by atoms with Gasteiger partial charge in [0.05, 0.1) is 11.1 Å². The lowest BCUT2D eigenvalue weighted by Gasteiger charge is -2.44. The molecule has 8 heteroatoms. The molecule has 1 aliphatic rings. The van der Waals surface area contributed by atoms with Gasteiger partial charge in [0, 0.05) is 7.11 Å². The molecule has 0 radical (unpaired) electrons. The van der Waals surface area contributed by atoms with Gasteiger partial charge in [0.1, 0.15) is 24.4 Å². The van der Waals surface area contributed by atoms with Crippen molar-refractivity contribution in [2.45, 2.75) is 36.6 Å². The van der Waals surface area contributed by atoms with E-state index in [4.69, 9.17) is 14.2 Å². The van der Waals surface area contributed by atoms with Gasteiger partial charge in [-0.2, -0.15) is 0 Å².